The minimum absolute atomic E-state index is 0.00870. The van der Waals surface area contributed by atoms with E-state index >= 15 is 0 Å². The number of nitrogens with one attached hydrogen (secondary N) is 1. The van der Waals surface area contributed by atoms with E-state index in [1.165, 1.54) is 5.56 Å². The summed E-state index contributed by atoms with van der Waals surface area (Å²) >= 11 is 0. The van der Waals surface area contributed by atoms with Gasteiger partial charge < -0.3 is 15.0 Å². The zero-order valence-corrected chi connectivity index (χ0v) is 16.8. The number of rotatable bonds is 5. The van der Waals surface area contributed by atoms with E-state index in [9.17, 15) is 9.59 Å². The van der Waals surface area contributed by atoms with E-state index in [4.69, 9.17) is 4.74 Å². The predicted octanol–water partition coefficient (Wildman–Crippen LogP) is 3.56. The molecule has 5 nitrogen and oxygen atoms in total. The summed E-state index contributed by atoms with van der Waals surface area (Å²) in [5, 5.41) is 3.05. The van der Waals surface area contributed by atoms with Crippen LogP contribution in [0, 0.1) is 12.3 Å². The molecule has 2 aromatic carbocycles. The van der Waals surface area contributed by atoms with Gasteiger partial charge in [0, 0.05) is 19.6 Å². The van der Waals surface area contributed by atoms with Gasteiger partial charge in [0.05, 0.1) is 18.1 Å². The van der Waals surface area contributed by atoms with E-state index in [0.717, 1.165) is 18.4 Å². The highest BCUT2D eigenvalue weighted by Crippen LogP contribution is 2.31. The molecule has 28 heavy (non-hydrogen) atoms. The first-order chi connectivity index (χ1) is 13.4. The van der Waals surface area contributed by atoms with Gasteiger partial charge in [0.1, 0.15) is 5.75 Å². The maximum atomic E-state index is 13.0. The molecule has 0 bridgehead atoms. The lowest BCUT2D eigenvalue weighted by molar-refractivity contribution is -0.132. The number of ether oxygens (including phenoxy) is 1. The third-order valence-electron chi connectivity index (χ3n) is 5.44. The number of nitrogens with zero attached hydrogens (tertiary/aromatic N) is 1. The van der Waals surface area contributed by atoms with Gasteiger partial charge in [-0.2, -0.15) is 0 Å². The number of hydrogen-bond acceptors (Lipinski definition) is 3. The number of para-hydroxylation sites is 1. The number of benzene rings is 2. The highest BCUT2D eigenvalue weighted by atomic mass is 16.5. The summed E-state index contributed by atoms with van der Waals surface area (Å²) in [6, 6.07) is 15.3. The average molecular weight is 380 g/mol. The van der Waals surface area contributed by atoms with Gasteiger partial charge in [-0.15, -0.1) is 0 Å². The van der Waals surface area contributed by atoms with E-state index in [1.807, 2.05) is 50.2 Å². The lowest BCUT2D eigenvalue weighted by Gasteiger charge is -2.39. The van der Waals surface area contributed by atoms with E-state index in [1.54, 1.807) is 24.1 Å². The molecule has 1 aliphatic rings. The molecule has 0 aromatic heterocycles. The first-order valence-electron chi connectivity index (χ1n) is 9.69. The van der Waals surface area contributed by atoms with Crippen LogP contribution in [0.4, 0.5) is 0 Å². The Morgan fingerprint density at radius 2 is 1.86 bits per heavy atom. The normalized spacial score (nSPS) is 19.2. The van der Waals surface area contributed by atoms with Crippen molar-refractivity contribution in [2.24, 2.45) is 5.41 Å². The minimum Gasteiger partial charge on any atom is -0.496 e. The number of hydrogen-bond donors (Lipinski definition) is 1. The van der Waals surface area contributed by atoms with Crippen LogP contribution in [-0.4, -0.2) is 36.9 Å². The Bertz CT molecular complexity index is 847. The van der Waals surface area contributed by atoms with Gasteiger partial charge in [-0.05, 0) is 44.4 Å². The largest absolute Gasteiger partial charge is 0.496 e. The number of carbonyl (C=O) groups is 2. The summed E-state index contributed by atoms with van der Waals surface area (Å²) in [5.74, 6) is 0.462. The highest BCUT2D eigenvalue weighted by Gasteiger charge is 2.39. The average Bonchev–Trinajstić information content (AvgIpc) is 2.72. The molecule has 1 saturated heterocycles. The molecule has 148 valence electrons. The second-order valence-electron chi connectivity index (χ2n) is 7.76. The first-order valence-corrected chi connectivity index (χ1v) is 9.69. The maximum absolute atomic E-state index is 13.0. The molecule has 1 atom stereocenters. The standard InChI is InChI=1S/C23H28N2O3/c1-17-9-11-18(12-10-17)15-24-22(27)23(2)13-6-14-25(16-23)21(26)19-7-4-5-8-20(19)28-3/h4-5,7-12H,6,13-16H2,1-3H3,(H,24,27). The fraction of sp³-hybridized carbons (Fsp3) is 0.391. The van der Waals surface area contributed by atoms with Gasteiger partial charge in [-0.3, -0.25) is 9.59 Å². The molecule has 1 heterocycles. The van der Waals surface area contributed by atoms with Gasteiger partial charge in [0.25, 0.3) is 5.91 Å². The molecule has 0 spiro atoms. The summed E-state index contributed by atoms with van der Waals surface area (Å²) < 4.78 is 5.33. The fourth-order valence-electron chi connectivity index (χ4n) is 3.69. The molecule has 0 aliphatic carbocycles. The SMILES string of the molecule is COc1ccccc1C(=O)N1CCCC(C)(C(=O)NCc2ccc(C)cc2)C1. The van der Waals surface area contributed by atoms with Crippen LogP contribution in [0.3, 0.4) is 0 Å². The van der Waals surface area contributed by atoms with Crippen molar-refractivity contribution in [3.05, 3.63) is 65.2 Å². The third kappa shape index (κ3) is 4.35. The Morgan fingerprint density at radius 1 is 1.14 bits per heavy atom. The van der Waals surface area contributed by atoms with E-state index in [0.29, 0.717) is 30.9 Å². The molecule has 1 unspecified atom stereocenters. The van der Waals surface area contributed by atoms with Crippen LogP contribution in [0.1, 0.15) is 41.3 Å². The number of likely N-dealkylation sites (tertiary alicyclic amines) is 1. The summed E-state index contributed by atoms with van der Waals surface area (Å²) in [6.45, 7) is 5.54. The van der Waals surface area contributed by atoms with Crippen LogP contribution in [0.2, 0.25) is 0 Å². The molecular formula is C23H28N2O3. The van der Waals surface area contributed by atoms with Crippen molar-refractivity contribution in [2.45, 2.75) is 33.2 Å². The molecule has 2 amide bonds. The Labute approximate surface area is 166 Å². The van der Waals surface area contributed by atoms with Gasteiger partial charge >= 0.3 is 0 Å². The lowest BCUT2D eigenvalue weighted by atomic mass is 9.80. The van der Waals surface area contributed by atoms with E-state index in [-0.39, 0.29) is 11.8 Å². The maximum Gasteiger partial charge on any atom is 0.257 e. The van der Waals surface area contributed by atoms with Crippen LogP contribution >= 0.6 is 0 Å². The van der Waals surface area contributed by atoms with Gasteiger partial charge in [0.15, 0.2) is 0 Å². The summed E-state index contributed by atoms with van der Waals surface area (Å²) in [5.41, 5.74) is 2.20. The number of aryl methyl sites for hydroxylation is 1. The van der Waals surface area contributed by atoms with Crippen molar-refractivity contribution in [2.75, 3.05) is 20.2 Å². The van der Waals surface area contributed by atoms with Crippen LogP contribution < -0.4 is 10.1 Å². The second kappa shape index (κ2) is 8.46. The Morgan fingerprint density at radius 3 is 2.57 bits per heavy atom. The zero-order valence-electron chi connectivity index (χ0n) is 16.8. The first kappa shape index (κ1) is 19.9. The summed E-state index contributed by atoms with van der Waals surface area (Å²) in [6.07, 6.45) is 1.57. The molecule has 3 rings (SSSR count). The smallest absolute Gasteiger partial charge is 0.257 e. The monoisotopic (exact) mass is 380 g/mol. The number of methoxy groups -OCH3 is 1. The van der Waals surface area contributed by atoms with E-state index in [2.05, 4.69) is 5.32 Å². The topological polar surface area (TPSA) is 58.6 Å². The zero-order chi connectivity index (χ0) is 20.1. The molecule has 1 N–H and O–H groups in total. The Hall–Kier alpha value is -2.82. The summed E-state index contributed by atoms with van der Waals surface area (Å²) in [7, 11) is 1.56. The summed E-state index contributed by atoms with van der Waals surface area (Å²) in [4.78, 5) is 27.7. The quantitative estimate of drug-likeness (QED) is 0.863. The van der Waals surface area contributed by atoms with Crippen LogP contribution in [0.25, 0.3) is 0 Å². The fourth-order valence-corrected chi connectivity index (χ4v) is 3.69. The van der Waals surface area contributed by atoms with Crippen molar-refractivity contribution in [3.63, 3.8) is 0 Å². The predicted molar refractivity (Wildman–Crippen MR) is 109 cm³/mol. The number of carbonyl (C=O) groups excluding carboxylic acids is 2. The number of amides is 2. The second-order valence-corrected chi connectivity index (χ2v) is 7.76. The third-order valence-corrected chi connectivity index (χ3v) is 5.44. The van der Waals surface area contributed by atoms with Crippen LogP contribution in [0.5, 0.6) is 5.75 Å². The molecule has 5 heteroatoms. The van der Waals surface area contributed by atoms with Crippen molar-refractivity contribution >= 4 is 11.8 Å². The Balaban J connectivity index is 1.67. The molecule has 0 radical (unpaired) electrons. The Kier molecular flexibility index (Phi) is 6.02. The number of piperidine rings is 1. The van der Waals surface area contributed by atoms with Crippen molar-refractivity contribution < 1.29 is 14.3 Å². The lowest BCUT2D eigenvalue weighted by Crippen LogP contribution is -2.51. The minimum atomic E-state index is -0.597. The van der Waals surface area contributed by atoms with Crippen LogP contribution in [0.15, 0.2) is 48.5 Å². The molecule has 1 aliphatic heterocycles. The van der Waals surface area contributed by atoms with Crippen molar-refractivity contribution in [1.29, 1.82) is 0 Å². The van der Waals surface area contributed by atoms with E-state index < -0.39 is 5.41 Å². The van der Waals surface area contributed by atoms with Gasteiger partial charge in [0.2, 0.25) is 5.91 Å². The van der Waals surface area contributed by atoms with Crippen molar-refractivity contribution in [3.8, 4) is 5.75 Å². The molecule has 2 aromatic rings. The highest BCUT2D eigenvalue weighted by molar-refractivity contribution is 5.97. The van der Waals surface area contributed by atoms with Gasteiger partial charge in [-0.25, -0.2) is 0 Å². The van der Waals surface area contributed by atoms with Gasteiger partial charge in [-0.1, -0.05) is 42.0 Å². The molecule has 0 saturated carbocycles. The molecular weight excluding hydrogens is 352 g/mol. The van der Waals surface area contributed by atoms with Crippen LogP contribution in [-0.2, 0) is 11.3 Å². The molecule has 1 fully saturated rings. The van der Waals surface area contributed by atoms with Crippen molar-refractivity contribution in [1.82, 2.24) is 10.2 Å².